The highest BCUT2D eigenvalue weighted by Gasteiger charge is 2.50. The monoisotopic (exact) mass is 1060 g/mol. The molecule has 0 radical (unpaired) electrons. The van der Waals surface area contributed by atoms with Gasteiger partial charge in [0.15, 0.2) is 24.6 Å². The van der Waals surface area contributed by atoms with Crippen LogP contribution in [0.4, 0.5) is 0 Å². The largest absolute Gasteiger partial charge is 0.479 e. The summed E-state index contributed by atoms with van der Waals surface area (Å²) in [5.41, 5.74) is 0. The quantitative estimate of drug-likeness (QED) is 0.0228. The topological polar surface area (TPSA) is 175 Å². The molecule has 432 valence electrons. The van der Waals surface area contributed by atoms with E-state index in [0.29, 0.717) is 19.3 Å². The van der Waals surface area contributed by atoms with Gasteiger partial charge in [0.1, 0.15) is 18.8 Å². The summed E-state index contributed by atoms with van der Waals surface area (Å²) in [6.45, 7) is 5.82. The number of carbonyl (C=O) groups excluding carboxylic acids is 3. The van der Waals surface area contributed by atoms with E-state index in [1.165, 1.54) is 83.5 Å². The van der Waals surface area contributed by atoms with Crippen LogP contribution in [-0.4, -0.2) is 89.2 Å². The second kappa shape index (κ2) is 51.2. The van der Waals surface area contributed by atoms with Gasteiger partial charge in [0.2, 0.25) is 0 Å². The third kappa shape index (κ3) is 41.2. The molecular weight excluding hydrogens is 949 g/mol. The van der Waals surface area contributed by atoms with Crippen molar-refractivity contribution in [3.8, 4) is 0 Å². The van der Waals surface area contributed by atoms with E-state index in [4.69, 9.17) is 23.7 Å². The number of carbonyl (C=O) groups is 4. The molecular formula is C63H108O12. The van der Waals surface area contributed by atoms with Crippen molar-refractivity contribution in [2.45, 2.75) is 302 Å². The van der Waals surface area contributed by atoms with Crippen LogP contribution < -0.4 is 0 Å². The molecule has 1 saturated heterocycles. The number of aliphatic hydroxyl groups excluding tert-OH is 2. The smallest absolute Gasteiger partial charge is 0.335 e. The molecule has 0 aliphatic carbocycles. The van der Waals surface area contributed by atoms with E-state index in [1.807, 2.05) is 0 Å². The van der Waals surface area contributed by atoms with E-state index in [-0.39, 0.29) is 25.9 Å². The third-order valence-corrected chi connectivity index (χ3v) is 13.6. The van der Waals surface area contributed by atoms with Crippen molar-refractivity contribution in [3.63, 3.8) is 0 Å². The Kier molecular flexibility index (Phi) is 47.4. The highest BCUT2D eigenvalue weighted by molar-refractivity contribution is 5.74. The summed E-state index contributed by atoms with van der Waals surface area (Å²) >= 11 is 0. The first kappa shape index (κ1) is 69.4. The van der Waals surface area contributed by atoms with Crippen LogP contribution in [0.25, 0.3) is 0 Å². The molecule has 1 aliphatic heterocycles. The number of aliphatic carboxylic acids is 1. The van der Waals surface area contributed by atoms with Crippen LogP contribution in [0.1, 0.15) is 265 Å². The summed E-state index contributed by atoms with van der Waals surface area (Å²) in [7, 11) is 0. The summed E-state index contributed by atoms with van der Waals surface area (Å²) < 4.78 is 28.4. The molecule has 75 heavy (non-hydrogen) atoms. The normalized spacial score (nSPS) is 18.5. The molecule has 12 heteroatoms. The van der Waals surface area contributed by atoms with Gasteiger partial charge in [0.05, 0.1) is 6.61 Å². The lowest BCUT2D eigenvalue weighted by Crippen LogP contribution is -2.61. The molecule has 0 aromatic rings. The molecule has 1 aliphatic rings. The zero-order chi connectivity index (χ0) is 54.7. The first-order chi connectivity index (χ1) is 36.6. The van der Waals surface area contributed by atoms with Gasteiger partial charge in [-0.2, -0.15) is 0 Å². The summed E-state index contributed by atoms with van der Waals surface area (Å²) in [6.07, 6.45) is 50.4. The number of hydrogen-bond acceptors (Lipinski definition) is 11. The first-order valence-corrected chi connectivity index (χ1v) is 30.3. The Morgan fingerprint density at radius 1 is 0.453 bits per heavy atom. The van der Waals surface area contributed by atoms with Crippen LogP contribution in [0, 0.1) is 0 Å². The minimum atomic E-state index is -1.91. The predicted octanol–water partition coefficient (Wildman–Crippen LogP) is 15.6. The van der Waals surface area contributed by atoms with Gasteiger partial charge in [-0.3, -0.25) is 14.4 Å². The maximum Gasteiger partial charge on any atom is 0.335 e. The third-order valence-electron chi connectivity index (χ3n) is 13.6. The van der Waals surface area contributed by atoms with Crippen molar-refractivity contribution in [2.24, 2.45) is 0 Å². The van der Waals surface area contributed by atoms with Gasteiger partial charge in [0, 0.05) is 19.3 Å². The van der Waals surface area contributed by atoms with Crippen LogP contribution in [0.15, 0.2) is 60.8 Å². The molecule has 0 amide bonds. The summed E-state index contributed by atoms with van der Waals surface area (Å²) in [5.74, 6) is -3.13. The Labute approximate surface area is 456 Å². The van der Waals surface area contributed by atoms with Gasteiger partial charge in [-0.1, -0.05) is 229 Å². The fourth-order valence-electron chi connectivity index (χ4n) is 8.95. The Bertz CT molecular complexity index is 1540. The van der Waals surface area contributed by atoms with Crippen LogP contribution >= 0.6 is 0 Å². The fraction of sp³-hybridized carbons (Fsp3) is 0.778. The van der Waals surface area contributed by atoms with Gasteiger partial charge in [-0.25, -0.2) is 4.79 Å². The predicted molar refractivity (Wildman–Crippen MR) is 303 cm³/mol. The highest BCUT2D eigenvalue weighted by Crippen LogP contribution is 2.26. The Balaban J connectivity index is 2.69. The number of aliphatic hydroxyl groups is 2. The van der Waals surface area contributed by atoms with Crippen LogP contribution in [-0.2, 0) is 42.9 Å². The Hall–Kier alpha value is -3.58. The summed E-state index contributed by atoms with van der Waals surface area (Å²) in [6, 6.07) is 0. The summed E-state index contributed by atoms with van der Waals surface area (Å²) in [5, 5.41) is 31.5. The number of hydrogen-bond donors (Lipinski definition) is 3. The standard InChI is InChI=1S/C63H108O12/c1-4-7-10-13-16-19-22-25-27-28-30-32-34-37-40-43-46-49-55(64)71-52-54(73-56(65)50-47-44-41-38-36-33-29-26-23-20-17-14-11-8-5-2)53-72-63-61(59(68)58(67)60(75-63)62(69)70)74-57(66)51-48-45-42-39-35-31-24-21-18-15-12-9-6-3/h7,10,12,15-16,19,21,24-25,27,54,58-61,63,67-68H,4-6,8-9,11,13-14,17-18,20,22-23,26,28-53H2,1-3H3,(H,69,70)/b10-7-,15-12-,19-16-,24-21-,27-25-. The number of unbranched alkanes of at least 4 members (excludes halogenated alkanes) is 27. The van der Waals surface area contributed by atoms with Crippen molar-refractivity contribution >= 4 is 23.9 Å². The number of esters is 3. The molecule has 1 fully saturated rings. The second-order valence-electron chi connectivity index (χ2n) is 20.6. The molecule has 0 spiro atoms. The Morgan fingerprint density at radius 2 is 0.867 bits per heavy atom. The maximum atomic E-state index is 13.2. The maximum absolute atomic E-state index is 13.2. The van der Waals surface area contributed by atoms with E-state index in [0.717, 1.165) is 122 Å². The van der Waals surface area contributed by atoms with Gasteiger partial charge >= 0.3 is 23.9 Å². The minimum Gasteiger partial charge on any atom is -0.479 e. The number of carboxylic acid groups (broad SMARTS) is 1. The SMILES string of the molecule is CC/C=C\C/C=C\C/C=C\CCCCCCCCCC(=O)OCC(COC1OC(C(=O)O)C(O)C(O)C1OC(=O)CCCCCCC/C=C\C/C=C\CCC)OC(=O)CCCCCCCCCCCCCCCCC. The molecule has 6 atom stereocenters. The Morgan fingerprint density at radius 3 is 1.33 bits per heavy atom. The lowest BCUT2D eigenvalue weighted by Gasteiger charge is -2.40. The molecule has 0 aromatic carbocycles. The average Bonchev–Trinajstić information content (AvgIpc) is 3.39. The lowest BCUT2D eigenvalue weighted by molar-refractivity contribution is -0.301. The second-order valence-corrected chi connectivity index (χ2v) is 20.6. The lowest BCUT2D eigenvalue weighted by atomic mass is 9.98. The molecule has 0 aromatic heterocycles. The molecule has 6 unspecified atom stereocenters. The van der Waals surface area contributed by atoms with Gasteiger partial charge in [-0.15, -0.1) is 0 Å². The number of carboxylic acids is 1. The zero-order valence-corrected chi connectivity index (χ0v) is 47.5. The van der Waals surface area contributed by atoms with E-state index >= 15 is 0 Å². The molecule has 12 nitrogen and oxygen atoms in total. The molecule has 1 rings (SSSR count). The highest BCUT2D eigenvalue weighted by atomic mass is 16.7. The molecule has 3 N–H and O–H groups in total. The molecule has 0 bridgehead atoms. The molecule has 1 heterocycles. The average molecular weight is 1060 g/mol. The van der Waals surface area contributed by atoms with E-state index < -0.39 is 67.3 Å². The van der Waals surface area contributed by atoms with E-state index in [2.05, 4.69) is 81.5 Å². The van der Waals surface area contributed by atoms with Crippen molar-refractivity contribution in [2.75, 3.05) is 13.2 Å². The van der Waals surface area contributed by atoms with Crippen LogP contribution in [0.5, 0.6) is 0 Å². The number of ether oxygens (including phenoxy) is 5. The van der Waals surface area contributed by atoms with E-state index in [9.17, 15) is 34.5 Å². The van der Waals surface area contributed by atoms with Gasteiger partial charge < -0.3 is 39.0 Å². The number of rotatable bonds is 51. The minimum absolute atomic E-state index is 0.0438. The van der Waals surface area contributed by atoms with Gasteiger partial charge in [-0.05, 0) is 77.0 Å². The van der Waals surface area contributed by atoms with Crippen molar-refractivity contribution in [1.29, 1.82) is 0 Å². The van der Waals surface area contributed by atoms with E-state index in [1.54, 1.807) is 0 Å². The van der Waals surface area contributed by atoms with Crippen molar-refractivity contribution in [3.05, 3.63) is 60.8 Å². The van der Waals surface area contributed by atoms with Gasteiger partial charge in [0.25, 0.3) is 0 Å². The fourth-order valence-corrected chi connectivity index (χ4v) is 8.95. The number of allylic oxidation sites excluding steroid dienone is 10. The summed E-state index contributed by atoms with van der Waals surface area (Å²) in [4.78, 5) is 51.1. The van der Waals surface area contributed by atoms with Crippen LogP contribution in [0.2, 0.25) is 0 Å². The van der Waals surface area contributed by atoms with Crippen molar-refractivity contribution < 1.29 is 58.2 Å². The van der Waals surface area contributed by atoms with Crippen LogP contribution in [0.3, 0.4) is 0 Å². The zero-order valence-electron chi connectivity index (χ0n) is 47.5. The van der Waals surface area contributed by atoms with Crippen molar-refractivity contribution in [1.82, 2.24) is 0 Å². The first-order valence-electron chi connectivity index (χ1n) is 30.3. The molecule has 0 saturated carbocycles.